The van der Waals surface area contributed by atoms with E-state index >= 15 is 0 Å². The molecule has 7 nitrogen and oxygen atoms in total. The lowest BCUT2D eigenvalue weighted by Gasteiger charge is -2.29. The third-order valence-electron chi connectivity index (χ3n) is 4.94. The number of hydrogen-bond donors (Lipinski definition) is 2. The number of carbonyl (C=O) groups is 2. The Labute approximate surface area is 164 Å². The maximum atomic E-state index is 12.4. The zero-order valence-corrected chi connectivity index (χ0v) is 16.1. The van der Waals surface area contributed by atoms with Crippen molar-refractivity contribution >= 4 is 11.8 Å². The summed E-state index contributed by atoms with van der Waals surface area (Å²) in [7, 11) is 2.06. The third kappa shape index (κ3) is 5.53. The highest BCUT2D eigenvalue weighted by molar-refractivity contribution is 5.93. The van der Waals surface area contributed by atoms with E-state index in [1.165, 1.54) is 22.9 Å². The number of aromatic nitrogens is 1. The van der Waals surface area contributed by atoms with Gasteiger partial charge < -0.3 is 20.1 Å². The molecule has 2 aromatic rings. The van der Waals surface area contributed by atoms with Crippen molar-refractivity contribution in [2.24, 2.45) is 0 Å². The van der Waals surface area contributed by atoms with E-state index in [1.807, 2.05) is 30.3 Å². The first kappa shape index (κ1) is 19.8. The van der Waals surface area contributed by atoms with Gasteiger partial charge in [-0.15, -0.1) is 0 Å². The van der Waals surface area contributed by atoms with Crippen molar-refractivity contribution in [3.05, 3.63) is 70.1 Å². The number of pyridine rings is 1. The van der Waals surface area contributed by atoms with E-state index < -0.39 is 0 Å². The number of hydrogen-bond acceptors (Lipinski definition) is 4. The van der Waals surface area contributed by atoms with Crippen molar-refractivity contribution in [3.8, 4) is 0 Å². The normalized spacial score (nSPS) is 15.2. The van der Waals surface area contributed by atoms with Gasteiger partial charge in [-0.05, 0) is 44.6 Å². The number of nitrogens with one attached hydrogen (secondary N) is 2. The lowest BCUT2D eigenvalue weighted by molar-refractivity contribution is -0.122. The van der Waals surface area contributed by atoms with Crippen LogP contribution in [-0.4, -0.2) is 47.5 Å². The predicted molar refractivity (Wildman–Crippen MR) is 107 cm³/mol. The summed E-state index contributed by atoms with van der Waals surface area (Å²) in [5.74, 6) is -0.494. The molecule has 1 aromatic carbocycles. The molecule has 3 rings (SSSR count). The molecule has 1 aromatic heterocycles. The minimum Gasteiger partial charge on any atom is -0.352 e. The van der Waals surface area contributed by atoms with Crippen LogP contribution < -0.4 is 16.2 Å². The first-order valence-corrected chi connectivity index (χ1v) is 9.52. The molecule has 0 bridgehead atoms. The van der Waals surface area contributed by atoms with Gasteiger partial charge in [-0.3, -0.25) is 14.4 Å². The van der Waals surface area contributed by atoms with E-state index in [1.54, 1.807) is 0 Å². The number of carbonyl (C=O) groups excluding carboxylic acids is 2. The van der Waals surface area contributed by atoms with Gasteiger partial charge in [-0.2, -0.15) is 0 Å². The van der Waals surface area contributed by atoms with Gasteiger partial charge in [0.2, 0.25) is 5.91 Å². The average molecular weight is 382 g/mol. The maximum absolute atomic E-state index is 12.4. The highest BCUT2D eigenvalue weighted by Gasteiger charge is 2.19. The molecule has 0 atom stereocenters. The van der Waals surface area contributed by atoms with Gasteiger partial charge in [0.25, 0.3) is 11.5 Å². The Morgan fingerprint density at radius 2 is 1.79 bits per heavy atom. The van der Waals surface area contributed by atoms with Crippen LogP contribution in [0.4, 0.5) is 0 Å². The van der Waals surface area contributed by atoms with Gasteiger partial charge in [-0.25, -0.2) is 0 Å². The van der Waals surface area contributed by atoms with E-state index in [2.05, 4.69) is 22.6 Å². The molecule has 2 heterocycles. The summed E-state index contributed by atoms with van der Waals surface area (Å²) in [5, 5.41) is 5.81. The van der Waals surface area contributed by atoms with E-state index in [0.29, 0.717) is 12.1 Å². The van der Waals surface area contributed by atoms with E-state index in [-0.39, 0.29) is 30.0 Å². The van der Waals surface area contributed by atoms with Crippen LogP contribution in [0.15, 0.2) is 53.5 Å². The number of amides is 2. The Kier molecular flexibility index (Phi) is 6.60. The second kappa shape index (κ2) is 9.32. The molecule has 0 spiro atoms. The number of piperidine rings is 1. The summed E-state index contributed by atoms with van der Waals surface area (Å²) in [4.78, 5) is 39.0. The van der Waals surface area contributed by atoms with Gasteiger partial charge in [0.1, 0.15) is 6.54 Å². The van der Waals surface area contributed by atoms with Gasteiger partial charge >= 0.3 is 0 Å². The van der Waals surface area contributed by atoms with Crippen molar-refractivity contribution in [1.82, 2.24) is 20.1 Å². The van der Waals surface area contributed by atoms with Crippen LogP contribution >= 0.6 is 0 Å². The van der Waals surface area contributed by atoms with Gasteiger partial charge in [0.15, 0.2) is 0 Å². The molecule has 148 valence electrons. The molecule has 28 heavy (non-hydrogen) atoms. The first-order chi connectivity index (χ1) is 13.5. The molecule has 1 aliphatic heterocycles. The van der Waals surface area contributed by atoms with Gasteiger partial charge in [-0.1, -0.05) is 30.3 Å². The Balaban J connectivity index is 1.58. The van der Waals surface area contributed by atoms with Crippen LogP contribution in [0.25, 0.3) is 0 Å². The van der Waals surface area contributed by atoms with Gasteiger partial charge in [0, 0.05) is 24.8 Å². The summed E-state index contributed by atoms with van der Waals surface area (Å²) >= 11 is 0. The van der Waals surface area contributed by atoms with E-state index in [9.17, 15) is 14.4 Å². The minimum absolute atomic E-state index is 0.0923. The summed E-state index contributed by atoms with van der Waals surface area (Å²) in [6, 6.07) is 12.5. The maximum Gasteiger partial charge on any atom is 0.253 e. The first-order valence-electron chi connectivity index (χ1n) is 9.52. The number of likely N-dealkylation sites (tertiary alicyclic amines) is 1. The monoisotopic (exact) mass is 382 g/mol. The molecule has 1 aliphatic rings. The smallest absolute Gasteiger partial charge is 0.253 e. The van der Waals surface area contributed by atoms with E-state index in [4.69, 9.17) is 0 Å². The van der Waals surface area contributed by atoms with Crippen LogP contribution in [0, 0.1) is 0 Å². The van der Waals surface area contributed by atoms with Crippen molar-refractivity contribution in [2.45, 2.75) is 32.0 Å². The quantitative estimate of drug-likeness (QED) is 0.780. The lowest BCUT2D eigenvalue weighted by atomic mass is 10.1. The van der Waals surface area contributed by atoms with Crippen LogP contribution in [0.3, 0.4) is 0 Å². The fourth-order valence-electron chi connectivity index (χ4n) is 3.25. The zero-order valence-electron chi connectivity index (χ0n) is 16.1. The molecule has 0 saturated carbocycles. The molecule has 0 radical (unpaired) electrons. The Hall–Kier alpha value is -2.93. The van der Waals surface area contributed by atoms with Crippen LogP contribution in [-0.2, 0) is 17.9 Å². The molecule has 1 saturated heterocycles. The fraction of sp³-hybridized carbons (Fsp3) is 0.381. The minimum atomic E-state index is -0.307. The predicted octanol–water partition coefficient (Wildman–Crippen LogP) is 0.989. The molecule has 2 amide bonds. The third-order valence-corrected chi connectivity index (χ3v) is 4.94. The fourth-order valence-corrected chi connectivity index (χ4v) is 3.25. The lowest BCUT2D eigenvalue weighted by Crippen LogP contribution is -2.45. The van der Waals surface area contributed by atoms with Crippen molar-refractivity contribution in [1.29, 1.82) is 0 Å². The van der Waals surface area contributed by atoms with Crippen LogP contribution in [0.2, 0.25) is 0 Å². The highest BCUT2D eigenvalue weighted by Crippen LogP contribution is 2.08. The molecule has 2 N–H and O–H groups in total. The number of rotatable bonds is 6. The second-order valence-electron chi connectivity index (χ2n) is 7.20. The Morgan fingerprint density at radius 3 is 2.50 bits per heavy atom. The van der Waals surface area contributed by atoms with Crippen LogP contribution in [0.1, 0.15) is 28.8 Å². The Morgan fingerprint density at radius 1 is 1.07 bits per heavy atom. The summed E-state index contributed by atoms with van der Waals surface area (Å²) in [6.45, 7) is 2.20. The average Bonchev–Trinajstić information content (AvgIpc) is 2.70. The van der Waals surface area contributed by atoms with Crippen molar-refractivity contribution in [2.75, 3.05) is 20.1 Å². The summed E-state index contributed by atoms with van der Waals surface area (Å²) in [5.41, 5.74) is 1.03. The Bertz CT molecular complexity index is 871. The standard InChI is InChI=1S/C21H26N4O3/c1-24-11-9-18(10-12-24)23-19(26)15-25-14-17(7-8-20(25)27)21(28)22-13-16-5-3-2-4-6-16/h2-8,14,18H,9-13,15H2,1H3,(H,22,28)(H,23,26). The second-order valence-corrected chi connectivity index (χ2v) is 7.20. The number of benzene rings is 1. The van der Waals surface area contributed by atoms with Gasteiger partial charge in [0.05, 0.1) is 5.56 Å². The largest absolute Gasteiger partial charge is 0.352 e. The van der Waals surface area contributed by atoms with E-state index in [0.717, 1.165) is 31.5 Å². The van der Waals surface area contributed by atoms with Crippen molar-refractivity contribution in [3.63, 3.8) is 0 Å². The topological polar surface area (TPSA) is 83.4 Å². The van der Waals surface area contributed by atoms with Crippen LogP contribution in [0.5, 0.6) is 0 Å². The molecule has 7 heteroatoms. The molecule has 0 unspecified atom stereocenters. The molecular formula is C21H26N4O3. The molecule has 0 aliphatic carbocycles. The molecular weight excluding hydrogens is 356 g/mol. The number of nitrogens with zero attached hydrogens (tertiary/aromatic N) is 2. The SMILES string of the molecule is CN1CCC(NC(=O)Cn2cc(C(=O)NCc3ccccc3)ccc2=O)CC1. The molecule has 1 fully saturated rings. The summed E-state index contributed by atoms with van der Waals surface area (Å²) in [6.07, 6.45) is 3.25. The van der Waals surface area contributed by atoms with Crippen molar-refractivity contribution < 1.29 is 9.59 Å². The highest BCUT2D eigenvalue weighted by atomic mass is 16.2. The zero-order chi connectivity index (χ0) is 19.9. The summed E-state index contributed by atoms with van der Waals surface area (Å²) < 4.78 is 1.28.